The number of benzene rings is 1. The SMILES string of the molecule is CC[C@H](CO)C(=N)C1CCN(C(=O)c2c(-c3cccnc3)nc(-c3ccc(OC(F)(F)F)cc3)n2C2CC2)CC1. The number of ether oxygens (including phenoxy) is 1. The number of aliphatic hydroxyl groups excluding tert-OH is 1. The Morgan fingerprint density at radius 2 is 1.82 bits per heavy atom. The van der Waals surface area contributed by atoms with Crippen LogP contribution >= 0.6 is 0 Å². The molecule has 11 heteroatoms. The van der Waals surface area contributed by atoms with E-state index in [1.165, 1.54) is 24.3 Å². The van der Waals surface area contributed by atoms with E-state index < -0.39 is 6.36 Å². The summed E-state index contributed by atoms with van der Waals surface area (Å²) in [5.41, 5.74) is 2.73. The number of hydrogen-bond acceptors (Lipinski definition) is 6. The largest absolute Gasteiger partial charge is 0.573 e. The zero-order chi connectivity index (χ0) is 28.4. The first-order valence-corrected chi connectivity index (χ1v) is 13.6. The molecule has 0 spiro atoms. The topological polar surface area (TPSA) is 104 Å². The Hall–Kier alpha value is -3.73. The first-order valence-electron chi connectivity index (χ1n) is 13.6. The second-order valence-electron chi connectivity index (χ2n) is 10.4. The van der Waals surface area contributed by atoms with Crippen LogP contribution in [0.25, 0.3) is 22.6 Å². The van der Waals surface area contributed by atoms with Gasteiger partial charge in [0.15, 0.2) is 0 Å². The summed E-state index contributed by atoms with van der Waals surface area (Å²) in [7, 11) is 0. The molecule has 0 unspecified atom stereocenters. The lowest BCUT2D eigenvalue weighted by Crippen LogP contribution is -2.42. The van der Waals surface area contributed by atoms with E-state index in [0.717, 1.165) is 12.8 Å². The highest BCUT2D eigenvalue weighted by atomic mass is 19.4. The lowest BCUT2D eigenvalue weighted by atomic mass is 9.84. The van der Waals surface area contributed by atoms with Crippen LogP contribution in [0.2, 0.25) is 0 Å². The number of imidazole rings is 1. The number of piperidine rings is 1. The third-order valence-electron chi connectivity index (χ3n) is 7.68. The first kappa shape index (κ1) is 27.8. The van der Waals surface area contributed by atoms with E-state index in [0.29, 0.717) is 66.4 Å². The van der Waals surface area contributed by atoms with Crippen LogP contribution in [0.5, 0.6) is 5.75 Å². The number of aliphatic hydroxyl groups is 1. The van der Waals surface area contributed by atoms with Crippen molar-refractivity contribution in [1.82, 2.24) is 19.4 Å². The van der Waals surface area contributed by atoms with Gasteiger partial charge in [-0.25, -0.2) is 4.98 Å². The van der Waals surface area contributed by atoms with Gasteiger partial charge in [0.1, 0.15) is 23.0 Å². The van der Waals surface area contributed by atoms with E-state index in [-0.39, 0.29) is 36.1 Å². The molecule has 0 bridgehead atoms. The van der Waals surface area contributed by atoms with Gasteiger partial charge in [0.05, 0.1) is 6.61 Å². The lowest BCUT2D eigenvalue weighted by Gasteiger charge is -2.34. The van der Waals surface area contributed by atoms with Gasteiger partial charge in [-0.1, -0.05) is 6.92 Å². The molecule has 1 aliphatic carbocycles. The average molecular weight is 556 g/mol. The van der Waals surface area contributed by atoms with Gasteiger partial charge in [0.2, 0.25) is 0 Å². The van der Waals surface area contributed by atoms with Crippen molar-refractivity contribution in [2.45, 2.75) is 51.4 Å². The molecule has 5 rings (SSSR count). The van der Waals surface area contributed by atoms with Crippen LogP contribution in [0.3, 0.4) is 0 Å². The maximum Gasteiger partial charge on any atom is 0.573 e. The van der Waals surface area contributed by atoms with Gasteiger partial charge in [0, 0.05) is 60.2 Å². The molecular formula is C29H32F3N5O3. The van der Waals surface area contributed by atoms with Crippen molar-refractivity contribution < 1.29 is 27.8 Å². The molecule has 1 saturated carbocycles. The Labute approximate surface area is 230 Å². The van der Waals surface area contributed by atoms with Gasteiger partial charge in [0.25, 0.3) is 5.91 Å². The summed E-state index contributed by atoms with van der Waals surface area (Å²) < 4.78 is 44.0. The molecule has 40 heavy (non-hydrogen) atoms. The van der Waals surface area contributed by atoms with E-state index in [1.807, 2.05) is 17.6 Å². The van der Waals surface area contributed by atoms with Crippen LogP contribution in [0.15, 0.2) is 48.8 Å². The summed E-state index contributed by atoms with van der Waals surface area (Å²) in [5.74, 6) is -0.115. The smallest absolute Gasteiger partial charge is 0.406 e. The summed E-state index contributed by atoms with van der Waals surface area (Å²) in [6.07, 6.45) is 2.22. The fourth-order valence-corrected chi connectivity index (χ4v) is 5.36. The summed E-state index contributed by atoms with van der Waals surface area (Å²) in [6, 6.07) is 9.19. The highest BCUT2D eigenvalue weighted by Crippen LogP contribution is 2.43. The molecule has 2 aromatic heterocycles. The number of carbonyl (C=O) groups excluding carboxylic acids is 1. The number of carbonyl (C=O) groups is 1. The normalized spacial score (nSPS) is 17.1. The number of nitrogens with zero attached hydrogens (tertiary/aromatic N) is 4. The standard InChI is InChI=1S/C29H32F3N5O3/c1-2-18(17-38)24(33)19-11-14-36(15-12-19)28(39)26-25(21-4-3-13-34-16-21)35-27(37(26)22-7-8-22)20-5-9-23(10-6-20)40-29(30,31)32/h3-6,9-10,13,16,18-19,22,33,38H,2,7-8,11-12,14-15,17H2,1H3/t18-/m1/s1. The van der Waals surface area contributed by atoms with Crippen molar-refractivity contribution in [3.63, 3.8) is 0 Å². The average Bonchev–Trinajstić information content (AvgIpc) is 3.72. The van der Waals surface area contributed by atoms with Gasteiger partial charge in [-0.3, -0.25) is 9.78 Å². The van der Waals surface area contributed by atoms with Crippen molar-refractivity contribution in [3.05, 3.63) is 54.5 Å². The number of halogens is 3. The Morgan fingerprint density at radius 1 is 1.12 bits per heavy atom. The molecule has 1 amide bonds. The Bertz CT molecular complexity index is 1340. The Balaban J connectivity index is 1.49. The molecular weight excluding hydrogens is 523 g/mol. The van der Waals surface area contributed by atoms with E-state index in [1.54, 1.807) is 23.4 Å². The van der Waals surface area contributed by atoms with Crippen LogP contribution in [0, 0.1) is 17.2 Å². The van der Waals surface area contributed by atoms with Crippen molar-refractivity contribution in [3.8, 4) is 28.4 Å². The number of aromatic nitrogens is 3. The first-order chi connectivity index (χ1) is 19.2. The van der Waals surface area contributed by atoms with E-state index in [9.17, 15) is 23.1 Å². The lowest BCUT2D eigenvalue weighted by molar-refractivity contribution is -0.274. The summed E-state index contributed by atoms with van der Waals surface area (Å²) in [5, 5.41) is 18.2. The molecule has 8 nitrogen and oxygen atoms in total. The minimum Gasteiger partial charge on any atom is -0.406 e. The van der Waals surface area contributed by atoms with Crippen LogP contribution in [0.1, 0.15) is 55.6 Å². The molecule has 3 heterocycles. The zero-order valence-corrected chi connectivity index (χ0v) is 22.2. The molecule has 1 aliphatic heterocycles. The highest BCUT2D eigenvalue weighted by Gasteiger charge is 2.37. The van der Waals surface area contributed by atoms with Crippen molar-refractivity contribution in [1.29, 1.82) is 5.41 Å². The second-order valence-corrected chi connectivity index (χ2v) is 10.4. The van der Waals surface area contributed by atoms with Crippen LogP contribution in [-0.2, 0) is 0 Å². The molecule has 212 valence electrons. The van der Waals surface area contributed by atoms with E-state index >= 15 is 0 Å². The molecule has 1 atom stereocenters. The molecule has 0 radical (unpaired) electrons. The van der Waals surface area contributed by atoms with Gasteiger partial charge in [-0.05, 0) is 68.5 Å². The fourth-order valence-electron chi connectivity index (χ4n) is 5.36. The Kier molecular flexibility index (Phi) is 7.93. The molecule has 1 saturated heterocycles. The molecule has 1 aromatic carbocycles. The third-order valence-corrected chi connectivity index (χ3v) is 7.68. The highest BCUT2D eigenvalue weighted by molar-refractivity contribution is 6.00. The molecule has 2 fully saturated rings. The number of alkyl halides is 3. The number of amides is 1. The minimum absolute atomic E-state index is 0.0280. The number of pyridine rings is 1. The van der Waals surface area contributed by atoms with Gasteiger partial charge in [-0.15, -0.1) is 13.2 Å². The van der Waals surface area contributed by atoms with Crippen LogP contribution < -0.4 is 4.74 Å². The summed E-state index contributed by atoms with van der Waals surface area (Å²) in [4.78, 5) is 25.0. The van der Waals surface area contributed by atoms with Crippen LogP contribution in [-0.4, -0.2) is 62.2 Å². The number of rotatable bonds is 9. The molecule has 3 aromatic rings. The van der Waals surface area contributed by atoms with Gasteiger partial charge < -0.3 is 24.7 Å². The number of likely N-dealkylation sites (tertiary alicyclic amines) is 1. The quantitative estimate of drug-likeness (QED) is 0.328. The number of nitrogens with one attached hydrogen (secondary N) is 1. The zero-order valence-electron chi connectivity index (χ0n) is 22.2. The molecule has 2 N–H and O–H groups in total. The van der Waals surface area contributed by atoms with Gasteiger partial charge in [-0.2, -0.15) is 0 Å². The monoisotopic (exact) mass is 555 g/mol. The second kappa shape index (κ2) is 11.4. The molecule has 2 aliphatic rings. The predicted molar refractivity (Wildman–Crippen MR) is 143 cm³/mol. The summed E-state index contributed by atoms with van der Waals surface area (Å²) >= 11 is 0. The fraction of sp³-hybridized carbons (Fsp3) is 0.448. The van der Waals surface area contributed by atoms with Crippen molar-refractivity contribution in [2.75, 3.05) is 19.7 Å². The minimum atomic E-state index is -4.79. The van der Waals surface area contributed by atoms with E-state index in [4.69, 9.17) is 10.4 Å². The van der Waals surface area contributed by atoms with Crippen molar-refractivity contribution >= 4 is 11.6 Å². The maximum absolute atomic E-state index is 14.1. The van der Waals surface area contributed by atoms with E-state index in [2.05, 4.69) is 9.72 Å². The maximum atomic E-state index is 14.1. The number of hydrogen-bond donors (Lipinski definition) is 2. The van der Waals surface area contributed by atoms with Gasteiger partial charge >= 0.3 is 6.36 Å². The Morgan fingerprint density at radius 3 is 2.38 bits per heavy atom. The van der Waals surface area contributed by atoms with Crippen molar-refractivity contribution in [2.24, 2.45) is 11.8 Å². The third kappa shape index (κ3) is 5.89. The predicted octanol–water partition coefficient (Wildman–Crippen LogP) is 5.74. The van der Waals surface area contributed by atoms with Crippen LogP contribution in [0.4, 0.5) is 13.2 Å². The summed E-state index contributed by atoms with van der Waals surface area (Å²) in [6.45, 7) is 2.88.